The van der Waals surface area contributed by atoms with E-state index >= 15 is 0 Å². The van der Waals surface area contributed by atoms with Crippen LogP contribution in [0.1, 0.15) is 69.0 Å². The summed E-state index contributed by atoms with van der Waals surface area (Å²) in [6.45, 7) is 12.0. The van der Waals surface area contributed by atoms with Gasteiger partial charge in [0.15, 0.2) is 0 Å². The Balaban J connectivity index is 1.86. The van der Waals surface area contributed by atoms with Gasteiger partial charge in [0.05, 0.1) is 12.1 Å². The molecular weight excluding hydrogens is 378 g/mol. The molecule has 2 aromatic rings. The number of ether oxygens (including phenoxy) is 1. The molecular formula is C25H35NO2S. The number of carbonyl (C=O) groups is 1. The van der Waals surface area contributed by atoms with Gasteiger partial charge in [-0.15, -0.1) is 11.3 Å². The summed E-state index contributed by atoms with van der Waals surface area (Å²) in [4.78, 5) is 15.8. The third-order valence-corrected chi connectivity index (χ3v) is 7.61. The molecule has 1 fully saturated rings. The van der Waals surface area contributed by atoms with Crippen molar-refractivity contribution in [3.8, 4) is 0 Å². The highest BCUT2D eigenvalue weighted by Gasteiger charge is 2.40. The van der Waals surface area contributed by atoms with Crippen LogP contribution in [0.4, 0.5) is 0 Å². The third-order valence-electron chi connectivity index (χ3n) is 6.57. The van der Waals surface area contributed by atoms with Crippen LogP contribution in [0.25, 0.3) is 0 Å². The molecule has 0 saturated carbocycles. The maximum atomic E-state index is 12.5. The number of nitrogens with zero attached hydrogens (tertiary/aromatic N) is 1. The Hall–Kier alpha value is -1.65. The summed E-state index contributed by atoms with van der Waals surface area (Å²) < 4.78 is 6.12. The fraction of sp³-hybridized carbons (Fsp3) is 0.560. The lowest BCUT2D eigenvalue weighted by molar-refractivity contribution is -0.131. The Morgan fingerprint density at radius 3 is 2.55 bits per heavy atom. The van der Waals surface area contributed by atoms with Crippen molar-refractivity contribution in [3.05, 3.63) is 57.8 Å². The number of rotatable bonds is 7. The zero-order valence-corrected chi connectivity index (χ0v) is 19.3. The minimum atomic E-state index is 0.0593. The van der Waals surface area contributed by atoms with Crippen molar-refractivity contribution in [1.82, 2.24) is 4.90 Å². The van der Waals surface area contributed by atoms with E-state index < -0.39 is 0 Å². The van der Waals surface area contributed by atoms with Gasteiger partial charge in [0.1, 0.15) is 0 Å². The van der Waals surface area contributed by atoms with Crippen LogP contribution in [0.3, 0.4) is 0 Å². The number of amides is 1. The van der Waals surface area contributed by atoms with Crippen LogP contribution in [0.2, 0.25) is 0 Å². The van der Waals surface area contributed by atoms with E-state index in [0.717, 1.165) is 32.4 Å². The van der Waals surface area contributed by atoms with E-state index in [1.54, 1.807) is 18.3 Å². The molecule has 1 aliphatic rings. The smallest absolute Gasteiger partial charge is 0.219 e. The lowest BCUT2D eigenvalue weighted by Gasteiger charge is -2.44. The molecule has 3 nitrogen and oxygen atoms in total. The van der Waals surface area contributed by atoms with E-state index in [9.17, 15) is 4.79 Å². The molecule has 158 valence electrons. The van der Waals surface area contributed by atoms with Crippen LogP contribution < -0.4 is 0 Å². The SMILES string of the molecule is CC(=O)N(CC[C@@]1(c2ccc(C)cc2)CCO[C@@H](C(C)C)C1)[C@H](C)c1cccs1. The number of thiophene rings is 1. The van der Waals surface area contributed by atoms with Gasteiger partial charge in [0.25, 0.3) is 0 Å². The van der Waals surface area contributed by atoms with Crippen LogP contribution in [0.5, 0.6) is 0 Å². The normalized spacial score (nSPS) is 23.2. The quantitative estimate of drug-likeness (QED) is 0.546. The van der Waals surface area contributed by atoms with Crippen molar-refractivity contribution in [2.75, 3.05) is 13.2 Å². The van der Waals surface area contributed by atoms with Crippen molar-refractivity contribution in [3.63, 3.8) is 0 Å². The highest BCUT2D eigenvalue weighted by molar-refractivity contribution is 7.10. The summed E-state index contributed by atoms with van der Waals surface area (Å²) in [6, 6.07) is 13.3. The van der Waals surface area contributed by atoms with Gasteiger partial charge in [0.2, 0.25) is 5.91 Å². The van der Waals surface area contributed by atoms with Crippen LogP contribution >= 0.6 is 11.3 Å². The predicted octanol–water partition coefficient (Wildman–Crippen LogP) is 6.13. The second kappa shape index (κ2) is 9.44. The van der Waals surface area contributed by atoms with E-state index in [2.05, 4.69) is 69.5 Å². The molecule has 1 saturated heterocycles. The summed E-state index contributed by atoms with van der Waals surface area (Å²) in [5.74, 6) is 0.645. The molecule has 0 spiro atoms. The van der Waals surface area contributed by atoms with Crippen molar-refractivity contribution in [2.45, 2.75) is 71.4 Å². The molecule has 3 rings (SSSR count). The van der Waals surface area contributed by atoms with Crippen molar-refractivity contribution in [1.29, 1.82) is 0 Å². The molecule has 0 unspecified atom stereocenters. The maximum Gasteiger partial charge on any atom is 0.219 e. The number of aryl methyl sites for hydroxylation is 1. The minimum Gasteiger partial charge on any atom is -0.378 e. The molecule has 29 heavy (non-hydrogen) atoms. The summed E-state index contributed by atoms with van der Waals surface area (Å²) in [6.07, 6.45) is 3.27. The lowest BCUT2D eigenvalue weighted by atomic mass is 9.68. The molecule has 1 aromatic heterocycles. The molecule has 3 atom stereocenters. The van der Waals surface area contributed by atoms with E-state index in [-0.39, 0.29) is 23.5 Å². The molecule has 0 bridgehead atoms. The van der Waals surface area contributed by atoms with E-state index in [4.69, 9.17) is 4.74 Å². The first kappa shape index (κ1) is 22.0. The van der Waals surface area contributed by atoms with Gasteiger partial charge >= 0.3 is 0 Å². The van der Waals surface area contributed by atoms with Gasteiger partial charge in [-0.1, -0.05) is 49.7 Å². The van der Waals surface area contributed by atoms with Crippen molar-refractivity contribution in [2.24, 2.45) is 5.92 Å². The Labute approximate surface area is 180 Å². The maximum absolute atomic E-state index is 12.5. The van der Waals surface area contributed by atoms with Crippen LogP contribution in [-0.2, 0) is 14.9 Å². The Morgan fingerprint density at radius 2 is 1.97 bits per heavy atom. The van der Waals surface area contributed by atoms with Gasteiger partial charge in [-0.3, -0.25) is 4.79 Å². The van der Waals surface area contributed by atoms with Gasteiger partial charge in [-0.25, -0.2) is 0 Å². The van der Waals surface area contributed by atoms with Gasteiger partial charge in [-0.2, -0.15) is 0 Å². The number of hydrogen-bond acceptors (Lipinski definition) is 3. The van der Waals surface area contributed by atoms with Crippen molar-refractivity contribution >= 4 is 17.2 Å². The van der Waals surface area contributed by atoms with Gasteiger partial charge in [0, 0.05) is 30.4 Å². The average molecular weight is 414 g/mol. The average Bonchev–Trinajstić information content (AvgIpc) is 3.23. The summed E-state index contributed by atoms with van der Waals surface area (Å²) in [5.41, 5.74) is 2.74. The third kappa shape index (κ3) is 5.10. The molecule has 4 heteroatoms. The first-order valence-corrected chi connectivity index (χ1v) is 11.7. The lowest BCUT2D eigenvalue weighted by Crippen LogP contribution is -2.44. The van der Waals surface area contributed by atoms with E-state index in [1.807, 2.05) is 4.90 Å². The molecule has 1 amide bonds. The molecule has 0 aliphatic carbocycles. The highest BCUT2D eigenvalue weighted by Crippen LogP contribution is 2.42. The first-order chi connectivity index (χ1) is 13.8. The van der Waals surface area contributed by atoms with Gasteiger partial charge in [-0.05, 0) is 56.0 Å². The molecule has 0 radical (unpaired) electrons. The molecule has 1 aliphatic heterocycles. The van der Waals surface area contributed by atoms with E-state index in [0.29, 0.717) is 5.92 Å². The summed E-state index contributed by atoms with van der Waals surface area (Å²) in [7, 11) is 0. The fourth-order valence-electron chi connectivity index (χ4n) is 4.56. The monoisotopic (exact) mass is 413 g/mol. The van der Waals surface area contributed by atoms with Gasteiger partial charge < -0.3 is 9.64 Å². The molecule has 1 aromatic carbocycles. The predicted molar refractivity (Wildman–Crippen MR) is 121 cm³/mol. The number of benzene rings is 1. The second-order valence-corrected chi connectivity index (χ2v) is 9.89. The van der Waals surface area contributed by atoms with Crippen LogP contribution in [0.15, 0.2) is 41.8 Å². The number of hydrogen-bond donors (Lipinski definition) is 0. The largest absolute Gasteiger partial charge is 0.378 e. The summed E-state index contributed by atoms with van der Waals surface area (Å²) >= 11 is 1.73. The zero-order chi connectivity index (χ0) is 21.0. The zero-order valence-electron chi connectivity index (χ0n) is 18.5. The summed E-state index contributed by atoms with van der Waals surface area (Å²) in [5, 5.41) is 2.09. The number of carbonyl (C=O) groups excluding carboxylic acids is 1. The Morgan fingerprint density at radius 1 is 1.24 bits per heavy atom. The first-order valence-electron chi connectivity index (χ1n) is 10.8. The van der Waals surface area contributed by atoms with Crippen LogP contribution in [0, 0.1) is 12.8 Å². The molecule has 2 heterocycles. The molecule has 0 N–H and O–H groups in total. The van der Waals surface area contributed by atoms with E-state index in [1.165, 1.54) is 16.0 Å². The Bertz CT molecular complexity index is 784. The second-order valence-electron chi connectivity index (χ2n) is 8.91. The fourth-order valence-corrected chi connectivity index (χ4v) is 5.36. The Kier molecular flexibility index (Phi) is 7.18. The van der Waals surface area contributed by atoms with Crippen molar-refractivity contribution < 1.29 is 9.53 Å². The highest BCUT2D eigenvalue weighted by atomic mass is 32.1. The van der Waals surface area contributed by atoms with Crippen LogP contribution in [-0.4, -0.2) is 30.1 Å². The minimum absolute atomic E-state index is 0.0593. The topological polar surface area (TPSA) is 29.5 Å². The standard InChI is InChI=1S/C25H35NO2S/c1-18(2)23-17-25(13-15-28-23,22-10-8-19(3)9-11-22)12-14-26(21(5)27)20(4)24-7-6-16-29-24/h6-11,16,18,20,23H,12-15,17H2,1-5H3/t20-,23-,25-/m1/s1.